The van der Waals surface area contributed by atoms with Crippen LogP contribution in [-0.4, -0.2) is 18.2 Å². The van der Waals surface area contributed by atoms with Gasteiger partial charge in [-0.1, -0.05) is 17.7 Å². The summed E-state index contributed by atoms with van der Waals surface area (Å²) in [6, 6.07) is 8.96. The van der Waals surface area contributed by atoms with Crippen LogP contribution in [0.25, 0.3) is 0 Å². The summed E-state index contributed by atoms with van der Waals surface area (Å²) >= 11 is 5.84. The molecule has 0 spiro atoms. The second-order valence-electron chi connectivity index (χ2n) is 4.45. The predicted molar refractivity (Wildman–Crippen MR) is 84.1 cm³/mol. The summed E-state index contributed by atoms with van der Waals surface area (Å²) in [6.07, 6.45) is 1.59. The van der Waals surface area contributed by atoms with E-state index in [-0.39, 0.29) is 6.04 Å². The van der Waals surface area contributed by atoms with Crippen LogP contribution < -0.4 is 15.2 Å². The quantitative estimate of drug-likeness (QED) is 0.886. The van der Waals surface area contributed by atoms with Crippen LogP contribution in [0.2, 0.25) is 5.02 Å². The third-order valence-corrected chi connectivity index (χ3v) is 3.22. The van der Waals surface area contributed by atoms with Crippen molar-refractivity contribution in [3.63, 3.8) is 0 Å². The molecule has 2 N–H and O–H groups in total. The first-order chi connectivity index (χ1) is 10.2. The lowest BCUT2D eigenvalue weighted by Gasteiger charge is -2.16. The van der Waals surface area contributed by atoms with Crippen molar-refractivity contribution in [3.05, 3.63) is 52.8 Å². The van der Waals surface area contributed by atoms with Gasteiger partial charge in [0.05, 0.1) is 30.0 Å². The van der Waals surface area contributed by atoms with E-state index < -0.39 is 0 Å². The van der Waals surface area contributed by atoms with Crippen LogP contribution in [-0.2, 0) is 0 Å². The van der Waals surface area contributed by atoms with E-state index in [9.17, 15) is 0 Å². The molecular formula is C16H19ClN2O2. The molecule has 2 aromatic rings. The van der Waals surface area contributed by atoms with E-state index in [1.54, 1.807) is 12.3 Å². The molecule has 0 radical (unpaired) electrons. The lowest BCUT2D eigenvalue weighted by atomic mass is 10.0. The fourth-order valence-corrected chi connectivity index (χ4v) is 2.11. The van der Waals surface area contributed by atoms with Crippen molar-refractivity contribution < 1.29 is 9.47 Å². The summed E-state index contributed by atoms with van der Waals surface area (Å²) in [6.45, 7) is 5.03. The monoisotopic (exact) mass is 306 g/mol. The fraction of sp³-hybridized carbons (Fsp3) is 0.312. The molecule has 112 valence electrons. The van der Waals surface area contributed by atoms with E-state index >= 15 is 0 Å². The van der Waals surface area contributed by atoms with Gasteiger partial charge < -0.3 is 15.2 Å². The van der Waals surface area contributed by atoms with Crippen LogP contribution >= 0.6 is 11.6 Å². The topological polar surface area (TPSA) is 57.4 Å². The first-order valence-electron chi connectivity index (χ1n) is 6.92. The smallest absolute Gasteiger partial charge is 0.161 e. The van der Waals surface area contributed by atoms with E-state index in [2.05, 4.69) is 4.98 Å². The Morgan fingerprint density at radius 3 is 2.43 bits per heavy atom. The van der Waals surface area contributed by atoms with E-state index in [1.165, 1.54) is 0 Å². The highest BCUT2D eigenvalue weighted by atomic mass is 35.5. The minimum Gasteiger partial charge on any atom is -0.490 e. The van der Waals surface area contributed by atoms with Gasteiger partial charge in [-0.15, -0.1) is 0 Å². The van der Waals surface area contributed by atoms with Crippen molar-refractivity contribution in [2.45, 2.75) is 19.9 Å². The maximum absolute atomic E-state index is 6.25. The molecule has 4 nitrogen and oxygen atoms in total. The summed E-state index contributed by atoms with van der Waals surface area (Å²) in [4.78, 5) is 4.26. The Morgan fingerprint density at radius 2 is 1.81 bits per heavy atom. The number of benzene rings is 1. The fourth-order valence-electron chi connectivity index (χ4n) is 2.00. The molecule has 1 atom stereocenters. The van der Waals surface area contributed by atoms with Crippen LogP contribution in [0.15, 0.2) is 36.5 Å². The van der Waals surface area contributed by atoms with Gasteiger partial charge in [0.15, 0.2) is 11.5 Å². The molecule has 5 heteroatoms. The summed E-state index contributed by atoms with van der Waals surface area (Å²) in [5, 5.41) is 0.590. The van der Waals surface area contributed by atoms with Crippen molar-refractivity contribution in [2.75, 3.05) is 13.2 Å². The molecule has 0 aliphatic rings. The van der Waals surface area contributed by atoms with Crippen LogP contribution in [0.3, 0.4) is 0 Å². The highest BCUT2D eigenvalue weighted by molar-refractivity contribution is 6.30. The van der Waals surface area contributed by atoms with Gasteiger partial charge in [-0.05, 0) is 43.7 Å². The van der Waals surface area contributed by atoms with Gasteiger partial charge >= 0.3 is 0 Å². The minimum absolute atomic E-state index is 0.336. The Bertz CT molecular complexity index is 587. The molecular weight excluding hydrogens is 288 g/mol. The minimum atomic E-state index is -0.336. The van der Waals surface area contributed by atoms with Crippen molar-refractivity contribution in [1.82, 2.24) is 4.98 Å². The Labute approximate surface area is 129 Å². The van der Waals surface area contributed by atoms with Gasteiger partial charge in [0.25, 0.3) is 0 Å². The zero-order valence-electron chi connectivity index (χ0n) is 12.2. The third-order valence-electron chi connectivity index (χ3n) is 3.00. The summed E-state index contributed by atoms with van der Waals surface area (Å²) in [5.74, 6) is 1.42. The number of halogens is 1. The average Bonchev–Trinajstić information content (AvgIpc) is 2.49. The zero-order chi connectivity index (χ0) is 15.2. The Hall–Kier alpha value is -1.78. The number of nitrogens with two attached hydrogens (primary N) is 1. The Morgan fingerprint density at radius 1 is 1.10 bits per heavy atom. The molecule has 1 aromatic carbocycles. The normalized spacial score (nSPS) is 12.0. The molecule has 21 heavy (non-hydrogen) atoms. The third kappa shape index (κ3) is 3.86. The summed E-state index contributed by atoms with van der Waals surface area (Å²) < 4.78 is 11.2. The lowest BCUT2D eigenvalue weighted by molar-refractivity contribution is 0.287. The summed E-state index contributed by atoms with van der Waals surface area (Å²) in [5.41, 5.74) is 7.92. The van der Waals surface area contributed by atoms with E-state index in [4.69, 9.17) is 26.8 Å². The van der Waals surface area contributed by atoms with Crippen molar-refractivity contribution in [2.24, 2.45) is 5.73 Å². The van der Waals surface area contributed by atoms with E-state index in [1.807, 2.05) is 38.1 Å². The molecule has 1 unspecified atom stereocenters. The van der Waals surface area contributed by atoms with Crippen LogP contribution in [0.1, 0.15) is 31.1 Å². The highest BCUT2D eigenvalue weighted by Crippen LogP contribution is 2.31. The van der Waals surface area contributed by atoms with Crippen molar-refractivity contribution >= 4 is 11.6 Å². The number of nitrogens with zero attached hydrogens (tertiary/aromatic N) is 1. The van der Waals surface area contributed by atoms with Crippen molar-refractivity contribution in [1.29, 1.82) is 0 Å². The maximum Gasteiger partial charge on any atom is 0.161 e. The molecule has 2 rings (SSSR count). The first kappa shape index (κ1) is 15.6. The summed E-state index contributed by atoms with van der Waals surface area (Å²) in [7, 11) is 0. The number of ether oxygens (including phenoxy) is 2. The molecule has 0 aliphatic heterocycles. The van der Waals surface area contributed by atoms with Crippen LogP contribution in [0.5, 0.6) is 11.5 Å². The molecule has 1 aromatic heterocycles. The number of pyridine rings is 1. The molecule has 1 heterocycles. The van der Waals surface area contributed by atoms with E-state index in [0.29, 0.717) is 24.0 Å². The molecule has 0 amide bonds. The van der Waals surface area contributed by atoms with Gasteiger partial charge in [-0.2, -0.15) is 0 Å². The lowest BCUT2D eigenvalue weighted by Crippen LogP contribution is -2.13. The Kier molecular flexibility index (Phi) is 5.42. The second kappa shape index (κ2) is 7.29. The van der Waals surface area contributed by atoms with E-state index in [0.717, 1.165) is 17.0 Å². The predicted octanol–water partition coefficient (Wildman–Crippen LogP) is 3.58. The molecule has 0 saturated carbocycles. The SMILES string of the molecule is CCOc1ccc(C(N)c2ccc(Cl)cn2)cc1OCC. The van der Waals surface area contributed by atoms with Gasteiger partial charge in [0.1, 0.15) is 0 Å². The van der Waals surface area contributed by atoms with Crippen LogP contribution in [0.4, 0.5) is 0 Å². The number of rotatable bonds is 6. The van der Waals surface area contributed by atoms with Crippen molar-refractivity contribution in [3.8, 4) is 11.5 Å². The molecule has 0 saturated heterocycles. The molecule has 0 fully saturated rings. The van der Waals surface area contributed by atoms with Gasteiger partial charge in [0.2, 0.25) is 0 Å². The first-order valence-corrected chi connectivity index (χ1v) is 7.30. The number of aromatic nitrogens is 1. The average molecular weight is 307 g/mol. The van der Waals surface area contributed by atoms with Crippen LogP contribution in [0, 0.1) is 0 Å². The number of hydrogen-bond donors (Lipinski definition) is 1. The van der Waals surface area contributed by atoms with Gasteiger partial charge in [0, 0.05) is 6.20 Å². The maximum atomic E-state index is 6.25. The standard InChI is InChI=1S/C16H19ClN2O2/c1-3-20-14-8-5-11(9-15(14)21-4-2)16(18)13-7-6-12(17)10-19-13/h5-10,16H,3-4,18H2,1-2H3. The highest BCUT2D eigenvalue weighted by Gasteiger charge is 2.14. The zero-order valence-corrected chi connectivity index (χ0v) is 12.9. The van der Waals surface area contributed by atoms with Gasteiger partial charge in [-0.3, -0.25) is 4.98 Å². The molecule has 0 bridgehead atoms. The number of hydrogen-bond acceptors (Lipinski definition) is 4. The largest absolute Gasteiger partial charge is 0.490 e. The van der Waals surface area contributed by atoms with Gasteiger partial charge in [-0.25, -0.2) is 0 Å². The Balaban J connectivity index is 2.30. The second-order valence-corrected chi connectivity index (χ2v) is 4.89. The molecule has 0 aliphatic carbocycles.